The summed E-state index contributed by atoms with van der Waals surface area (Å²) >= 11 is 0. The Kier molecular flexibility index (Phi) is 4.33. The quantitative estimate of drug-likeness (QED) is 0.587. The van der Waals surface area contributed by atoms with E-state index in [1.54, 1.807) is 32.2 Å². The zero-order valence-corrected chi connectivity index (χ0v) is 17.7. The SMILES string of the molecule is CC1(O)CCN(c2nc(Nc3ccc4c(c3)NC(=O)C(C)(C)O4)nc3ccoc23)CC1. The molecule has 9 nitrogen and oxygen atoms in total. The summed E-state index contributed by atoms with van der Waals surface area (Å²) in [6.07, 6.45) is 2.91. The van der Waals surface area contributed by atoms with Crippen LogP contribution in [0.3, 0.4) is 0 Å². The molecule has 2 aliphatic heterocycles. The van der Waals surface area contributed by atoms with Crippen molar-refractivity contribution in [3.8, 4) is 5.75 Å². The second-order valence-corrected chi connectivity index (χ2v) is 8.89. The first-order valence-electron chi connectivity index (χ1n) is 10.3. The molecule has 0 bridgehead atoms. The molecule has 1 aromatic carbocycles. The first-order valence-corrected chi connectivity index (χ1v) is 10.3. The molecule has 0 unspecified atom stereocenters. The summed E-state index contributed by atoms with van der Waals surface area (Å²) in [7, 11) is 0. The Balaban J connectivity index is 1.44. The van der Waals surface area contributed by atoms with Gasteiger partial charge < -0.3 is 29.8 Å². The monoisotopic (exact) mass is 423 g/mol. The van der Waals surface area contributed by atoms with E-state index in [4.69, 9.17) is 14.1 Å². The maximum atomic E-state index is 12.2. The van der Waals surface area contributed by atoms with Crippen molar-refractivity contribution in [2.45, 2.75) is 44.8 Å². The number of amides is 1. The van der Waals surface area contributed by atoms with Crippen LogP contribution in [-0.2, 0) is 4.79 Å². The third-order valence-corrected chi connectivity index (χ3v) is 5.82. The van der Waals surface area contributed by atoms with Crippen molar-refractivity contribution >= 4 is 40.1 Å². The Hall–Kier alpha value is -3.33. The maximum absolute atomic E-state index is 12.2. The number of nitrogens with one attached hydrogen (secondary N) is 2. The van der Waals surface area contributed by atoms with E-state index in [1.165, 1.54) is 0 Å². The molecule has 1 amide bonds. The fraction of sp³-hybridized carbons (Fsp3) is 0.409. The molecule has 1 fully saturated rings. The summed E-state index contributed by atoms with van der Waals surface area (Å²) in [5.74, 6) is 1.54. The highest BCUT2D eigenvalue weighted by Crippen LogP contribution is 2.36. The zero-order chi connectivity index (χ0) is 21.8. The molecule has 9 heteroatoms. The number of rotatable bonds is 3. The number of ether oxygens (including phenoxy) is 1. The third-order valence-electron chi connectivity index (χ3n) is 5.82. The van der Waals surface area contributed by atoms with E-state index in [0.717, 1.165) is 5.69 Å². The predicted molar refractivity (Wildman–Crippen MR) is 117 cm³/mol. The first-order chi connectivity index (χ1) is 14.7. The molecule has 0 saturated carbocycles. The van der Waals surface area contributed by atoms with Crippen LogP contribution >= 0.6 is 0 Å². The second-order valence-electron chi connectivity index (χ2n) is 8.89. The van der Waals surface area contributed by atoms with Crippen LogP contribution in [0.1, 0.15) is 33.6 Å². The van der Waals surface area contributed by atoms with E-state index in [9.17, 15) is 9.90 Å². The van der Waals surface area contributed by atoms with Crippen LogP contribution in [0.4, 0.5) is 23.1 Å². The number of aromatic nitrogens is 2. The largest absolute Gasteiger partial charge is 0.476 e. The van der Waals surface area contributed by atoms with E-state index in [-0.39, 0.29) is 5.91 Å². The average Bonchev–Trinajstić information content (AvgIpc) is 3.17. The third kappa shape index (κ3) is 3.65. The number of carbonyl (C=O) groups excluding carboxylic acids is 1. The van der Waals surface area contributed by atoms with Gasteiger partial charge in [-0.05, 0) is 51.8 Å². The van der Waals surface area contributed by atoms with Gasteiger partial charge in [0.25, 0.3) is 5.91 Å². The van der Waals surface area contributed by atoms with E-state index >= 15 is 0 Å². The van der Waals surface area contributed by atoms with Gasteiger partial charge in [0.15, 0.2) is 17.0 Å². The molecule has 0 atom stereocenters. The molecule has 3 aromatic rings. The number of hydrogen-bond acceptors (Lipinski definition) is 8. The number of furan rings is 1. The fourth-order valence-corrected chi connectivity index (χ4v) is 3.84. The number of anilines is 4. The molecule has 31 heavy (non-hydrogen) atoms. The Labute approximate surface area is 179 Å². The minimum absolute atomic E-state index is 0.198. The molecule has 2 aromatic heterocycles. The van der Waals surface area contributed by atoms with E-state index in [2.05, 4.69) is 20.5 Å². The summed E-state index contributed by atoms with van der Waals surface area (Å²) in [4.78, 5) is 23.6. The molecule has 0 aliphatic carbocycles. The standard InChI is InChI=1S/C22H25N5O4/c1-21(2)19(28)24-15-12-13(4-5-16(15)31-21)23-20-25-14-6-11-30-17(14)18(26-20)27-9-7-22(3,29)8-10-27/h4-6,11-12,29H,7-10H2,1-3H3,(H,24,28)(H,23,25,26). The molecular formula is C22H25N5O4. The van der Waals surface area contributed by atoms with Crippen molar-refractivity contribution in [2.24, 2.45) is 0 Å². The lowest BCUT2D eigenvalue weighted by atomic mass is 9.94. The summed E-state index contributed by atoms with van der Waals surface area (Å²) in [6, 6.07) is 7.26. The number of carbonyl (C=O) groups is 1. The normalized spacial score (nSPS) is 19.5. The highest BCUT2D eigenvalue weighted by molar-refractivity contribution is 6.00. The van der Waals surface area contributed by atoms with Gasteiger partial charge in [-0.3, -0.25) is 4.79 Å². The molecule has 162 valence electrons. The van der Waals surface area contributed by atoms with Gasteiger partial charge >= 0.3 is 0 Å². The van der Waals surface area contributed by atoms with Crippen molar-refractivity contribution in [3.05, 3.63) is 30.5 Å². The number of piperidine rings is 1. The first kappa shape index (κ1) is 19.6. The van der Waals surface area contributed by atoms with Gasteiger partial charge in [0, 0.05) is 24.8 Å². The van der Waals surface area contributed by atoms with Crippen LogP contribution < -0.4 is 20.3 Å². The summed E-state index contributed by atoms with van der Waals surface area (Å²) < 4.78 is 11.4. The van der Waals surface area contributed by atoms with Gasteiger partial charge in [-0.25, -0.2) is 4.98 Å². The van der Waals surface area contributed by atoms with Gasteiger partial charge in [0.1, 0.15) is 11.3 Å². The predicted octanol–water partition coefficient (Wildman–Crippen LogP) is 3.43. The molecule has 1 saturated heterocycles. The highest BCUT2D eigenvalue weighted by Gasteiger charge is 2.35. The summed E-state index contributed by atoms with van der Waals surface area (Å²) in [5, 5.41) is 16.4. The lowest BCUT2D eigenvalue weighted by Gasteiger charge is -2.36. The van der Waals surface area contributed by atoms with Gasteiger partial charge in [-0.2, -0.15) is 4.98 Å². The van der Waals surface area contributed by atoms with Crippen LogP contribution in [-0.4, -0.2) is 45.3 Å². The molecular weight excluding hydrogens is 398 g/mol. The van der Waals surface area contributed by atoms with Gasteiger partial charge in [-0.1, -0.05) is 0 Å². The Morgan fingerprint density at radius 2 is 1.94 bits per heavy atom. The number of benzene rings is 1. The average molecular weight is 423 g/mol. The molecule has 2 aliphatic rings. The van der Waals surface area contributed by atoms with Crippen LogP contribution in [0.15, 0.2) is 34.9 Å². The summed E-state index contributed by atoms with van der Waals surface area (Å²) in [6.45, 7) is 6.67. The fourth-order valence-electron chi connectivity index (χ4n) is 3.84. The van der Waals surface area contributed by atoms with Crippen molar-refractivity contribution < 1.29 is 19.1 Å². The molecule has 5 rings (SSSR count). The molecule has 0 spiro atoms. The molecule has 0 radical (unpaired) electrons. The van der Waals surface area contributed by atoms with E-state index < -0.39 is 11.2 Å². The Morgan fingerprint density at radius 1 is 1.16 bits per heavy atom. The number of aliphatic hydroxyl groups is 1. The lowest BCUT2D eigenvalue weighted by molar-refractivity contribution is -0.129. The molecule has 4 heterocycles. The van der Waals surface area contributed by atoms with Crippen LogP contribution in [0.25, 0.3) is 11.1 Å². The van der Waals surface area contributed by atoms with Gasteiger partial charge in [0.05, 0.1) is 17.6 Å². The lowest BCUT2D eigenvalue weighted by Crippen LogP contribution is -2.45. The van der Waals surface area contributed by atoms with E-state index in [0.29, 0.717) is 60.2 Å². The van der Waals surface area contributed by atoms with Crippen molar-refractivity contribution in [2.75, 3.05) is 28.6 Å². The number of nitrogens with zero attached hydrogens (tertiary/aromatic N) is 3. The highest BCUT2D eigenvalue weighted by atomic mass is 16.5. The zero-order valence-electron chi connectivity index (χ0n) is 17.7. The van der Waals surface area contributed by atoms with Crippen LogP contribution in [0.2, 0.25) is 0 Å². The van der Waals surface area contributed by atoms with Crippen molar-refractivity contribution in [1.82, 2.24) is 9.97 Å². The smallest absolute Gasteiger partial charge is 0.268 e. The second kappa shape index (κ2) is 6.84. The van der Waals surface area contributed by atoms with E-state index in [1.807, 2.05) is 19.1 Å². The maximum Gasteiger partial charge on any atom is 0.268 e. The minimum Gasteiger partial charge on any atom is -0.476 e. The van der Waals surface area contributed by atoms with Crippen LogP contribution in [0.5, 0.6) is 5.75 Å². The summed E-state index contributed by atoms with van der Waals surface area (Å²) in [5.41, 5.74) is 1.07. The Bertz CT molecular complexity index is 1160. The topological polar surface area (TPSA) is 113 Å². The Morgan fingerprint density at radius 3 is 2.71 bits per heavy atom. The molecule has 3 N–H and O–H groups in total. The van der Waals surface area contributed by atoms with Crippen molar-refractivity contribution in [3.63, 3.8) is 0 Å². The van der Waals surface area contributed by atoms with Crippen LogP contribution in [0, 0.1) is 0 Å². The van der Waals surface area contributed by atoms with Gasteiger partial charge in [0.2, 0.25) is 5.95 Å². The number of fused-ring (bicyclic) bond motifs is 2. The minimum atomic E-state index is -0.911. The van der Waals surface area contributed by atoms with Crippen molar-refractivity contribution in [1.29, 1.82) is 0 Å². The van der Waals surface area contributed by atoms with Gasteiger partial charge in [-0.15, -0.1) is 0 Å². The number of hydrogen-bond donors (Lipinski definition) is 3.